The van der Waals surface area contributed by atoms with Gasteiger partial charge in [-0.2, -0.15) is 13.2 Å². The van der Waals surface area contributed by atoms with Gasteiger partial charge >= 0.3 is 6.18 Å². The quantitative estimate of drug-likeness (QED) is 0.790. The van der Waals surface area contributed by atoms with E-state index < -0.39 is 17.5 Å². The van der Waals surface area contributed by atoms with Crippen LogP contribution in [0, 0.1) is 0 Å². The van der Waals surface area contributed by atoms with Gasteiger partial charge in [0.2, 0.25) is 0 Å². The van der Waals surface area contributed by atoms with Gasteiger partial charge in [0, 0.05) is 0 Å². The maximum atomic E-state index is 12.3. The number of halogens is 4. The van der Waals surface area contributed by atoms with Gasteiger partial charge in [0.1, 0.15) is 10.8 Å². The first-order chi connectivity index (χ1) is 7.82. The molecule has 0 amide bonds. The molecule has 0 atom stereocenters. The highest BCUT2D eigenvalue weighted by Crippen LogP contribution is 2.39. The molecule has 0 N–H and O–H groups in total. The Morgan fingerprint density at radius 3 is 2.24 bits per heavy atom. The van der Waals surface area contributed by atoms with E-state index in [2.05, 4.69) is 0 Å². The summed E-state index contributed by atoms with van der Waals surface area (Å²) in [5.41, 5.74) is -0.647. The number of alkyl halides is 3. The largest absolute Gasteiger partial charge is 0.495 e. The molecule has 7 heteroatoms. The Morgan fingerprint density at radius 2 is 1.82 bits per heavy atom. The Kier molecular flexibility index (Phi) is 3.87. The lowest BCUT2D eigenvalue weighted by atomic mass is 10.1. The third-order valence-corrected chi connectivity index (χ3v) is 2.35. The van der Waals surface area contributed by atoms with Gasteiger partial charge in [-0.1, -0.05) is 11.6 Å². The van der Waals surface area contributed by atoms with E-state index in [9.17, 15) is 18.0 Å². The van der Waals surface area contributed by atoms with Crippen LogP contribution in [0.25, 0.3) is 0 Å². The summed E-state index contributed by atoms with van der Waals surface area (Å²) in [6.07, 6.45) is -4.98. The Hall–Kier alpha value is -1.43. The minimum absolute atomic E-state index is 0.127. The van der Waals surface area contributed by atoms with Crippen molar-refractivity contribution in [3.05, 3.63) is 22.7 Å². The van der Waals surface area contributed by atoms with Gasteiger partial charge in [0.15, 0.2) is 5.75 Å². The molecule has 17 heavy (non-hydrogen) atoms. The topological polar surface area (TPSA) is 35.5 Å². The Bertz CT molecular complexity index is 443. The lowest BCUT2D eigenvalue weighted by molar-refractivity contribution is -0.0886. The van der Waals surface area contributed by atoms with Gasteiger partial charge in [0.05, 0.1) is 19.8 Å². The second-order valence-corrected chi connectivity index (χ2v) is 3.37. The van der Waals surface area contributed by atoms with Crippen LogP contribution in [0.4, 0.5) is 13.2 Å². The zero-order valence-electron chi connectivity index (χ0n) is 8.89. The van der Waals surface area contributed by atoms with Gasteiger partial charge < -0.3 is 9.47 Å². The van der Waals surface area contributed by atoms with Crippen LogP contribution in [-0.2, 0) is 0 Å². The van der Waals surface area contributed by atoms with Crippen molar-refractivity contribution >= 4 is 17.4 Å². The minimum atomic E-state index is -4.98. The molecular weight excluding hydrogens is 261 g/mol. The maximum Gasteiger partial charge on any atom is 0.455 e. The smallest absolute Gasteiger partial charge is 0.455 e. The van der Waals surface area contributed by atoms with Gasteiger partial charge in [0.25, 0.3) is 5.78 Å². The molecule has 0 radical (unpaired) electrons. The number of hydrogen-bond donors (Lipinski definition) is 0. The zero-order valence-corrected chi connectivity index (χ0v) is 9.65. The second-order valence-electron chi connectivity index (χ2n) is 2.99. The number of hydrogen-bond acceptors (Lipinski definition) is 3. The van der Waals surface area contributed by atoms with Crippen LogP contribution in [0.5, 0.6) is 11.5 Å². The molecule has 0 heterocycles. The fourth-order valence-corrected chi connectivity index (χ4v) is 1.55. The van der Waals surface area contributed by atoms with E-state index in [-0.39, 0.29) is 16.5 Å². The number of ketones is 1. The minimum Gasteiger partial charge on any atom is -0.495 e. The molecule has 1 aromatic rings. The van der Waals surface area contributed by atoms with Gasteiger partial charge in [-0.15, -0.1) is 0 Å². The molecular formula is C10H8ClF3O3. The van der Waals surface area contributed by atoms with Crippen LogP contribution in [-0.4, -0.2) is 26.2 Å². The molecule has 3 nitrogen and oxygen atoms in total. The van der Waals surface area contributed by atoms with Crippen molar-refractivity contribution in [1.29, 1.82) is 0 Å². The standard InChI is InChI=1S/C10H8ClF3O3/c1-16-6-4-3-5(8(17-2)7(6)11)9(15)10(12,13)14/h3-4H,1-2H3. The summed E-state index contributed by atoms with van der Waals surface area (Å²) in [5.74, 6) is -2.24. The van der Waals surface area contributed by atoms with Crippen molar-refractivity contribution in [3.8, 4) is 11.5 Å². The molecule has 94 valence electrons. The van der Waals surface area contributed by atoms with Crippen molar-refractivity contribution < 1.29 is 27.4 Å². The van der Waals surface area contributed by atoms with E-state index in [1.54, 1.807) is 0 Å². The van der Waals surface area contributed by atoms with Crippen molar-refractivity contribution in [2.24, 2.45) is 0 Å². The van der Waals surface area contributed by atoms with Gasteiger partial charge in [-0.05, 0) is 12.1 Å². The molecule has 0 aliphatic heterocycles. The van der Waals surface area contributed by atoms with Crippen LogP contribution in [0.1, 0.15) is 10.4 Å². The SMILES string of the molecule is COc1ccc(C(=O)C(F)(F)F)c(OC)c1Cl. The van der Waals surface area contributed by atoms with Crippen LogP contribution >= 0.6 is 11.6 Å². The zero-order chi connectivity index (χ0) is 13.2. The molecule has 0 bridgehead atoms. The first-order valence-electron chi connectivity index (χ1n) is 4.35. The molecule has 0 aliphatic carbocycles. The predicted molar refractivity (Wildman–Crippen MR) is 54.9 cm³/mol. The van der Waals surface area contributed by atoms with E-state index in [0.717, 1.165) is 13.2 Å². The molecule has 0 saturated carbocycles. The number of ether oxygens (including phenoxy) is 2. The fraction of sp³-hybridized carbons (Fsp3) is 0.300. The summed E-state index contributed by atoms with van der Waals surface area (Å²) in [6.45, 7) is 0. The van der Waals surface area contributed by atoms with Crippen molar-refractivity contribution in [2.45, 2.75) is 6.18 Å². The average Bonchev–Trinajstić information content (AvgIpc) is 2.26. The first kappa shape index (κ1) is 13.6. The van der Waals surface area contributed by atoms with Crippen molar-refractivity contribution in [3.63, 3.8) is 0 Å². The molecule has 0 aliphatic rings. The van der Waals surface area contributed by atoms with Gasteiger partial charge in [-0.25, -0.2) is 0 Å². The van der Waals surface area contributed by atoms with E-state index in [1.807, 2.05) is 0 Å². The normalized spacial score (nSPS) is 11.2. The average molecular weight is 269 g/mol. The lowest BCUT2D eigenvalue weighted by Crippen LogP contribution is -2.23. The van der Waals surface area contributed by atoms with Crippen LogP contribution in [0.2, 0.25) is 5.02 Å². The third-order valence-electron chi connectivity index (χ3n) is 1.99. The van der Waals surface area contributed by atoms with E-state index in [4.69, 9.17) is 21.1 Å². The second kappa shape index (κ2) is 4.83. The summed E-state index contributed by atoms with van der Waals surface area (Å²) in [7, 11) is 2.42. The van der Waals surface area contributed by atoms with E-state index >= 15 is 0 Å². The molecule has 0 saturated heterocycles. The number of Topliss-reactive ketones (excluding diaryl/α,β-unsaturated/α-hetero) is 1. The molecule has 1 aromatic carbocycles. The van der Waals surface area contributed by atoms with Crippen LogP contribution in [0.15, 0.2) is 12.1 Å². The highest BCUT2D eigenvalue weighted by Gasteiger charge is 2.41. The number of carbonyl (C=O) groups is 1. The van der Waals surface area contributed by atoms with Crippen molar-refractivity contribution in [1.82, 2.24) is 0 Å². The summed E-state index contributed by atoms with van der Waals surface area (Å²) < 4.78 is 46.4. The predicted octanol–water partition coefficient (Wildman–Crippen LogP) is 3.10. The van der Waals surface area contributed by atoms with E-state index in [1.165, 1.54) is 13.2 Å². The molecule has 0 fully saturated rings. The Labute approximate surface area is 100 Å². The number of rotatable bonds is 3. The number of methoxy groups -OCH3 is 2. The summed E-state index contributed by atoms with van der Waals surface area (Å²) >= 11 is 5.74. The van der Waals surface area contributed by atoms with Crippen LogP contribution < -0.4 is 9.47 Å². The Morgan fingerprint density at radius 1 is 1.24 bits per heavy atom. The molecule has 0 spiro atoms. The van der Waals surface area contributed by atoms with E-state index in [0.29, 0.717) is 0 Å². The lowest BCUT2D eigenvalue weighted by Gasteiger charge is -2.13. The number of benzene rings is 1. The fourth-order valence-electron chi connectivity index (χ4n) is 1.23. The van der Waals surface area contributed by atoms with Gasteiger partial charge in [-0.3, -0.25) is 4.79 Å². The maximum absolute atomic E-state index is 12.3. The third kappa shape index (κ3) is 2.63. The summed E-state index contributed by atoms with van der Waals surface area (Å²) in [4.78, 5) is 11.1. The first-order valence-corrected chi connectivity index (χ1v) is 4.72. The van der Waals surface area contributed by atoms with Crippen molar-refractivity contribution in [2.75, 3.05) is 14.2 Å². The molecule has 0 unspecified atom stereocenters. The summed E-state index contributed by atoms with van der Waals surface area (Å²) in [5, 5.41) is -0.176. The number of carbonyl (C=O) groups excluding carboxylic acids is 1. The molecule has 0 aromatic heterocycles. The highest BCUT2D eigenvalue weighted by molar-refractivity contribution is 6.34. The van der Waals surface area contributed by atoms with Crippen LogP contribution in [0.3, 0.4) is 0 Å². The Balaban J connectivity index is 3.36. The summed E-state index contributed by atoms with van der Waals surface area (Å²) in [6, 6.07) is 2.13. The monoisotopic (exact) mass is 268 g/mol. The molecule has 1 rings (SSSR count). The highest BCUT2D eigenvalue weighted by atomic mass is 35.5.